The lowest BCUT2D eigenvalue weighted by Gasteiger charge is -2.04. The zero-order valence-electron chi connectivity index (χ0n) is 9.14. The van der Waals surface area contributed by atoms with Gasteiger partial charge in [0.15, 0.2) is 5.69 Å². The molecule has 1 amide bonds. The van der Waals surface area contributed by atoms with E-state index in [1.54, 1.807) is 19.2 Å². The summed E-state index contributed by atoms with van der Waals surface area (Å²) in [4.78, 5) is 11.8. The molecule has 1 aromatic carbocycles. The van der Waals surface area contributed by atoms with Crippen LogP contribution in [0.4, 0.5) is 15.8 Å². The van der Waals surface area contributed by atoms with E-state index in [-0.39, 0.29) is 17.1 Å². The molecule has 0 radical (unpaired) electrons. The minimum absolute atomic E-state index is 0.0794. The van der Waals surface area contributed by atoms with E-state index in [0.717, 1.165) is 0 Å². The van der Waals surface area contributed by atoms with Crippen molar-refractivity contribution < 1.29 is 9.18 Å². The molecule has 0 atom stereocenters. The fourth-order valence-corrected chi connectivity index (χ4v) is 1.43. The van der Waals surface area contributed by atoms with Gasteiger partial charge in [-0.05, 0) is 12.1 Å². The second kappa shape index (κ2) is 4.25. The first-order chi connectivity index (χ1) is 8.08. The molecule has 0 aliphatic rings. The third-order valence-corrected chi connectivity index (χ3v) is 2.19. The molecule has 0 fully saturated rings. The molecule has 6 heteroatoms. The molecule has 1 heterocycles. The number of benzene rings is 1. The Labute approximate surface area is 97.0 Å². The molecule has 0 saturated heterocycles. The number of nitrogen functional groups attached to an aromatic ring is 1. The molecule has 0 spiro atoms. The molecular formula is C11H11FN4O. The molecule has 0 unspecified atom stereocenters. The van der Waals surface area contributed by atoms with Crippen LogP contribution in [0.5, 0.6) is 0 Å². The number of carbonyl (C=O) groups excluding carboxylic acids is 1. The van der Waals surface area contributed by atoms with Gasteiger partial charge in [0.2, 0.25) is 0 Å². The Morgan fingerprint density at radius 1 is 1.47 bits per heavy atom. The van der Waals surface area contributed by atoms with Crippen LogP contribution in [0.1, 0.15) is 10.5 Å². The van der Waals surface area contributed by atoms with E-state index in [1.165, 1.54) is 23.0 Å². The minimum atomic E-state index is -0.534. The molecular weight excluding hydrogens is 223 g/mol. The maximum atomic E-state index is 13.3. The van der Waals surface area contributed by atoms with Crippen molar-refractivity contribution in [1.82, 2.24) is 9.78 Å². The Morgan fingerprint density at radius 2 is 2.18 bits per heavy atom. The van der Waals surface area contributed by atoms with Gasteiger partial charge < -0.3 is 11.1 Å². The van der Waals surface area contributed by atoms with Gasteiger partial charge in [0.05, 0.1) is 11.4 Å². The number of rotatable bonds is 2. The number of para-hydroxylation sites is 1. The van der Waals surface area contributed by atoms with Gasteiger partial charge in [-0.15, -0.1) is 0 Å². The zero-order chi connectivity index (χ0) is 12.4. The smallest absolute Gasteiger partial charge is 0.278 e. The van der Waals surface area contributed by atoms with Gasteiger partial charge in [-0.2, -0.15) is 5.10 Å². The largest absolute Gasteiger partial charge is 0.396 e. The van der Waals surface area contributed by atoms with Crippen LogP contribution in [0.3, 0.4) is 0 Å². The summed E-state index contributed by atoms with van der Waals surface area (Å²) in [5, 5.41) is 6.30. The van der Waals surface area contributed by atoms with E-state index >= 15 is 0 Å². The van der Waals surface area contributed by atoms with Crippen molar-refractivity contribution in [1.29, 1.82) is 0 Å². The lowest BCUT2D eigenvalue weighted by molar-refractivity contribution is 0.102. The number of nitrogens with one attached hydrogen (secondary N) is 1. The maximum absolute atomic E-state index is 13.3. The quantitative estimate of drug-likeness (QED) is 0.824. The van der Waals surface area contributed by atoms with E-state index in [0.29, 0.717) is 0 Å². The summed E-state index contributed by atoms with van der Waals surface area (Å²) in [5.41, 5.74) is 6.03. The predicted molar refractivity (Wildman–Crippen MR) is 62.0 cm³/mol. The first kappa shape index (κ1) is 11.1. The second-order valence-electron chi connectivity index (χ2n) is 3.54. The average Bonchev–Trinajstić information content (AvgIpc) is 2.61. The molecule has 2 rings (SSSR count). The van der Waals surface area contributed by atoms with E-state index in [4.69, 9.17) is 5.73 Å². The van der Waals surface area contributed by atoms with Crippen molar-refractivity contribution in [2.24, 2.45) is 7.05 Å². The summed E-state index contributed by atoms with van der Waals surface area (Å²) in [6.45, 7) is 0. The van der Waals surface area contributed by atoms with Gasteiger partial charge in [0.1, 0.15) is 5.82 Å². The Bertz CT molecular complexity index is 564. The summed E-state index contributed by atoms with van der Waals surface area (Å²) < 4.78 is 14.7. The first-order valence-corrected chi connectivity index (χ1v) is 4.93. The lowest BCUT2D eigenvalue weighted by atomic mass is 10.3. The minimum Gasteiger partial charge on any atom is -0.396 e. The van der Waals surface area contributed by atoms with Crippen molar-refractivity contribution in [3.8, 4) is 0 Å². The topological polar surface area (TPSA) is 72.9 Å². The molecule has 0 aliphatic heterocycles. The number of carbonyl (C=O) groups is 1. The van der Waals surface area contributed by atoms with E-state index in [1.807, 2.05) is 0 Å². The van der Waals surface area contributed by atoms with Crippen LogP contribution in [0.25, 0.3) is 0 Å². The SMILES string of the molecule is Cn1cc(N)c(C(=O)Nc2ccccc2F)n1. The lowest BCUT2D eigenvalue weighted by Crippen LogP contribution is -2.15. The molecule has 2 aromatic rings. The standard InChI is InChI=1S/C11H11FN4O/c1-16-6-8(13)10(15-16)11(17)14-9-5-3-2-4-7(9)12/h2-6H,13H2,1H3,(H,14,17). The van der Waals surface area contributed by atoms with E-state index in [2.05, 4.69) is 10.4 Å². The van der Waals surface area contributed by atoms with Crippen molar-refractivity contribution in [3.63, 3.8) is 0 Å². The number of anilines is 2. The Kier molecular flexibility index (Phi) is 2.78. The average molecular weight is 234 g/mol. The van der Waals surface area contributed by atoms with Crippen molar-refractivity contribution in [3.05, 3.63) is 42.0 Å². The van der Waals surface area contributed by atoms with Crippen LogP contribution in [0.2, 0.25) is 0 Å². The number of hydrogen-bond donors (Lipinski definition) is 2. The van der Waals surface area contributed by atoms with Gasteiger partial charge in [0, 0.05) is 13.2 Å². The van der Waals surface area contributed by atoms with Gasteiger partial charge in [-0.1, -0.05) is 12.1 Å². The molecule has 17 heavy (non-hydrogen) atoms. The van der Waals surface area contributed by atoms with Crippen LogP contribution in [-0.2, 0) is 7.05 Å². The summed E-state index contributed by atoms with van der Waals surface area (Å²) in [7, 11) is 1.65. The number of halogens is 1. The summed E-state index contributed by atoms with van der Waals surface area (Å²) in [6, 6.07) is 5.89. The molecule has 0 bridgehead atoms. The second-order valence-corrected chi connectivity index (χ2v) is 3.54. The highest BCUT2D eigenvalue weighted by Crippen LogP contribution is 2.15. The number of aryl methyl sites for hydroxylation is 1. The molecule has 3 N–H and O–H groups in total. The Hall–Kier alpha value is -2.37. The van der Waals surface area contributed by atoms with Crippen LogP contribution in [-0.4, -0.2) is 15.7 Å². The Morgan fingerprint density at radius 3 is 2.76 bits per heavy atom. The van der Waals surface area contributed by atoms with Gasteiger partial charge in [-0.25, -0.2) is 4.39 Å². The van der Waals surface area contributed by atoms with Gasteiger partial charge in [-0.3, -0.25) is 9.48 Å². The molecule has 0 aliphatic carbocycles. The number of hydrogen-bond acceptors (Lipinski definition) is 3. The number of nitrogens with two attached hydrogens (primary N) is 1. The fraction of sp³-hybridized carbons (Fsp3) is 0.0909. The normalized spacial score (nSPS) is 10.2. The first-order valence-electron chi connectivity index (χ1n) is 4.93. The maximum Gasteiger partial charge on any atom is 0.278 e. The van der Waals surface area contributed by atoms with E-state index in [9.17, 15) is 9.18 Å². The Balaban J connectivity index is 2.23. The third-order valence-electron chi connectivity index (χ3n) is 2.19. The van der Waals surface area contributed by atoms with Crippen molar-refractivity contribution in [2.75, 3.05) is 11.1 Å². The van der Waals surface area contributed by atoms with Crippen molar-refractivity contribution >= 4 is 17.3 Å². The number of aromatic nitrogens is 2. The predicted octanol–water partition coefficient (Wildman–Crippen LogP) is 1.39. The van der Waals surface area contributed by atoms with Crippen LogP contribution >= 0.6 is 0 Å². The molecule has 0 saturated carbocycles. The zero-order valence-corrected chi connectivity index (χ0v) is 9.14. The highest BCUT2D eigenvalue weighted by Gasteiger charge is 2.15. The summed E-state index contributed by atoms with van der Waals surface area (Å²) >= 11 is 0. The van der Waals surface area contributed by atoms with Crippen LogP contribution < -0.4 is 11.1 Å². The molecule has 5 nitrogen and oxygen atoms in total. The third kappa shape index (κ3) is 2.25. The fourth-order valence-electron chi connectivity index (χ4n) is 1.43. The molecule has 1 aromatic heterocycles. The van der Waals surface area contributed by atoms with E-state index < -0.39 is 11.7 Å². The van der Waals surface area contributed by atoms with Gasteiger partial charge in [0.25, 0.3) is 5.91 Å². The molecule has 88 valence electrons. The van der Waals surface area contributed by atoms with Gasteiger partial charge >= 0.3 is 0 Å². The van der Waals surface area contributed by atoms with Crippen LogP contribution in [0, 0.1) is 5.82 Å². The van der Waals surface area contributed by atoms with Crippen LogP contribution in [0.15, 0.2) is 30.5 Å². The number of amides is 1. The monoisotopic (exact) mass is 234 g/mol. The van der Waals surface area contributed by atoms with Crippen molar-refractivity contribution in [2.45, 2.75) is 0 Å². The summed E-state index contributed by atoms with van der Waals surface area (Å²) in [5.74, 6) is -1.04. The summed E-state index contributed by atoms with van der Waals surface area (Å²) in [6.07, 6.45) is 1.51. The number of nitrogens with zero attached hydrogens (tertiary/aromatic N) is 2. The highest BCUT2D eigenvalue weighted by molar-refractivity contribution is 6.06. The highest BCUT2D eigenvalue weighted by atomic mass is 19.1.